The van der Waals surface area contributed by atoms with Crippen molar-refractivity contribution in [1.82, 2.24) is 4.90 Å². The minimum absolute atomic E-state index is 0.0728. The first-order valence-electron chi connectivity index (χ1n) is 15.6. The van der Waals surface area contributed by atoms with Crippen LogP contribution in [0.15, 0.2) is 84.9 Å². The summed E-state index contributed by atoms with van der Waals surface area (Å²) < 4.78 is 39.7. The van der Waals surface area contributed by atoms with Crippen LogP contribution in [0, 0.1) is 5.92 Å². The second-order valence-corrected chi connectivity index (χ2v) is 13.0. The first-order chi connectivity index (χ1) is 22.1. The summed E-state index contributed by atoms with van der Waals surface area (Å²) in [5, 5.41) is 12.3. The van der Waals surface area contributed by atoms with Gasteiger partial charge in [0.1, 0.15) is 5.75 Å². The van der Waals surface area contributed by atoms with E-state index in [4.69, 9.17) is 23.2 Å². The molecular formula is C37H35Cl2F3N2O2. The van der Waals surface area contributed by atoms with Crippen LogP contribution >= 0.6 is 23.2 Å². The summed E-state index contributed by atoms with van der Waals surface area (Å²) in [7, 11) is 0. The molecule has 0 spiro atoms. The highest BCUT2D eigenvalue weighted by Gasteiger charge is 2.32. The number of piperazine rings is 1. The Morgan fingerprint density at radius 2 is 1.52 bits per heavy atom. The number of aromatic hydroxyl groups is 1. The Bertz CT molecular complexity index is 1700. The zero-order chi connectivity index (χ0) is 32.4. The summed E-state index contributed by atoms with van der Waals surface area (Å²) in [6.45, 7) is 2.54. The first kappa shape index (κ1) is 32.4. The molecule has 0 aromatic heterocycles. The van der Waals surface area contributed by atoms with Gasteiger partial charge in [0.25, 0.3) is 0 Å². The van der Waals surface area contributed by atoms with Gasteiger partial charge in [0.15, 0.2) is 5.78 Å². The van der Waals surface area contributed by atoms with E-state index < -0.39 is 17.8 Å². The predicted molar refractivity (Wildman–Crippen MR) is 178 cm³/mol. The Morgan fingerprint density at radius 1 is 0.848 bits per heavy atom. The summed E-state index contributed by atoms with van der Waals surface area (Å²) in [6.07, 6.45) is 0.602. The summed E-state index contributed by atoms with van der Waals surface area (Å²) in [4.78, 5) is 17.8. The number of ketones is 1. The number of rotatable bonds is 8. The van der Waals surface area contributed by atoms with Gasteiger partial charge in [-0.25, -0.2) is 0 Å². The van der Waals surface area contributed by atoms with E-state index in [-0.39, 0.29) is 11.5 Å². The van der Waals surface area contributed by atoms with Crippen molar-refractivity contribution < 1.29 is 23.1 Å². The molecule has 1 heterocycles. The monoisotopic (exact) mass is 666 g/mol. The van der Waals surface area contributed by atoms with Crippen molar-refractivity contribution in [2.75, 3.05) is 31.1 Å². The summed E-state index contributed by atoms with van der Waals surface area (Å²) in [5.41, 5.74) is 3.57. The van der Waals surface area contributed by atoms with Crippen molar-refractivity contribution >= 4 is 34.7 Å². The fourth-order valence-corrected chi connectivity index (χ4v) is 7.24. The fourth-order valence-electron chi connectivity index (χ4n) is 6.83. The van der Waals surface area contributed by atoms with Crippen LogP contribution in [-0.2, 0) is 6.18 Å². The molecule has 2 aliphatic rings. The van der Waals surface area contributed by atoms with Crippen LogP contribution in [0.1, 0.15) is 65.2 Å². The zero-order valence-electron chi connectivity index (χ0n) is 25.2. The highest BCUT2D eigenvalue weighted by molar-refractivity contribution is 6.43. The third-order valence-electron chi connectivity index (χ3n) is 9.29. The molecule has 1 atom stereocenters. The highest BCUT2D eigenvalue weighted by Crippen LogP contribution is 2.40. The Balaban J connectivity index is 1.35. The number of hydrogen-bond acceptors (Lipinski definition) is 4. The van der Waals surface area contributed by atoms with Gasteiger partial charge in [-0.15, -0.1) is 0 Å². The molecule has 0 amide bonds. The van der Waals surface area contributed by atoms with Gasteiger partial charge >= 0.3 is 6.18 Å². The molecule has 4 nitrogen and oxygen atoms in total. The van der Waals surface area contributed by atoms with Gasteiger partial charge in [-0.1, -0.05) is 91.3 Å². The van der Waals surface area contributed by atoms with Crippen LogP contribution in [0.5, 0.6) is 5.75 Å². The van der Waals surface area contributed by atoms with E-state index in [1.807, 2.05) is 42.5 Å². The molecule has 1 saturated carbocycles. The lowest BCUT2D eigenvalue weighted by Crippen LogP contribution is -2.48. The van der Waals surface area contributed by atoms with Crippen molar-refractivity contribution in [1.29, 1.82) is 0 Å². The van der Waals surface area contributed by atoms with Crippen molar-refractivity contribution in [2.24, 2.45) is 5.92 Å². The van der Waals surface area contributed by atoms with Crippen LogP contribution in [0.25, 0.3) is 11.1 Å². The SMILES string of the molecule is O=C(CC1CCCC1)c1cccc(C(c2cc(-c3ccc(C(F)(F)F)cc3)ccc2O)N2CCN(c3cccc(Cl)c3Cl)CC2)c1. The smallest absolute Gasteiger partial charge is 0.416 e. The fraction of sp³-hybridized carbons (Fsp3) is 0.324. The van der Waals surface area contributed by atoms with E-state index in [1.165, 1.54) is 25.0 Å². The molecule has 6 rings (SSSR count). The van der Waals surface area contributed by atoms with E-state index in [0.29, 0.717) is 70.8 Å². The van der Waals surface area contributed by atoms with Crippen LogP contribution in [0.4, 0.5) is 18.9 Å². The first-order valence-corrected chi connectivity index (χ1v) is 16.4. The number of Topliss-reactive ketones (excluding diaryl/α,β-unsaturated/α-hetero) is 1. The Labute approximate surface area is 277 Å². The number of benzene rings is 4. The Kier molecular flexibility index (Phi) is 9.64. The maximum absolute atomic E-state index is 13.4. The van der Waals surface area contributed by atoms with Crippen molar-refractivity contribution in [3.63, 3.8) is 0 Å². The summed E-state index contributed by atoms with van der Waals surface area (Å²) >= 11 is 12.8. The van der Waals surface area contributed by atoms with Crippen LogP contribution in [0.3, 0.4) is 0 Å². The maximum Gasteiger partial charge on any atom is 0.416 e. The number of carbonyl (C=O) groups is 1. The van der Waals surface area contributed by atoms with Crippen LogP contribution in [0.2, 0.25) is 10.0 Å². The molecule has 0 bridgehead atoms. The molecule has 1 aliphatic heterocycles. The summed E-state index contributed by atoms with van der Waals surface area (Å²) in [6, 6.07) is 23.0. The molecule has 4 aromatic rings. The number of alkyl halides is 3. The maximum atomic E-state index is 13.4. The van der Waals surface area contributed by atoms with Gasteiger partial charge in [-0.3, -0.25) is 9.69 Å². The number of halogens is 5. The second kappa shape index (κ2) is 13.7. The molecule has 2 fully saturated rings. The number of phenolic OH excluding ortho intramolecular Hbond substituents is 1. The Morgan fingerprint density at radius 3 is 2.22 bits per heavy atom. The minimum Gasteiger partial charge on any atom is -0.508 e. The largest absolute Gasteiger partial charge is 0.508 e. The number of nitrogens with zero attached hydrogens (tertiary/aromatic N) is 2. The molecule has 9 heteroatoms. The van der Waals surface area contributed by atoms with E-state index in [1.54, 1.807) is 18.2 Å². The lowest BCUT2D eigenvalue weighted by atomic mass is 9.90. The van der Waals surface area contributed by atoms with Crippen molar-refractivity contribution in [2.45, 2.75) is 44.3 Å². The molecule has 46 heavy (non-hydrogen) atoms. The number of anilines is 1. The zero-order valence-corrected chi connectivity index (χ0v) is 26.8. The summed E-state index contributed by atoms with van der Waals surface area (Å²) in [5.74, 6) is 0.613. The Hall–Kier alpha value is -3.52. The normalized spacial score (nSPS) is 16.9. The van der Waals surface area contributed by atoms with E-state index in [2.05, 4.69) is 9.80 Å². The van der Waals surface area contributed by atoms with Gasteiger partial charge in [0.2, 0.25) is 0 Å². The average molecular weight is 668 g/mol. The number of phenols is 1. The third kappa shape index (κ3) is 7.07. The van der Waals surface area contributed by atoms with Gasteiger partial charge in [0.05, 0.1) is 27.3 Å². The predicted octanol–water partition coefficient (Wildman–Crippen LogP) is 10.1. The molecule has 240 valence electrons. The molecular weight excluding hydrogens is 632 g/mol. The molecule has 4 aromatic carbocycles. The third-order valence-corrected chi connectivity index (χ3v) is 10.1. The van der Waals surface area contributed by atoms with Gasteiger partial charge < -0.3 is 10.0 Å². The molecule has 1 saturated heterocycles. The second-order valence-electron chi connectivity index (χ2n) is 12.3. The lowest BCUT2D eigenvalue weighted by Gasteiger charge is -2.41. The van der Waals surface area contributed by atoms with Crippen molar-refractivity contribution in [3.8, 4) is 16.9 Å². The molecule has 1 unspecified atom stereocenters. The van der Waals surface area contributed by atoms with Crippen LogP contribution < -0.4 is 4.90 Å². The number of hydrogen-bond donors (Lipinski definition) is 1. The molecule has 0 radical (unpaired) electrons. The van der Waals surface area contributed by atoms with E-state index in [0.717, 1.165) is 36.2 Å². The van der Waals surface area contributed by atoms with Gasteiger partial charge in [-0.05, 0) is 65.1 Å². The molecule has 1 N–H and O–H groups in total. The quantitative estimate of drug-likeness (QED) is 0.190. The van der Waals surface area contributed by atoms with E-state index >= 15 is 0 Å². The van der Waals surface area contributed by atoms with Gasteiger partial charge in [-0.2, -0.15) is 13.2 Å². The topological polar surface area (TPSA) is 43.8 Å². The molecule has 1 aliphatic carbocycles. The van der Waals surface area contributed by atoms with Gasteiger partial charge in [0, 0.05) is 43.7 Å². The standard InChI is InChI=1S/C37H35Cl2F3N2O2/c38-31-9-4-10-32(35(31)39)43-17-19-44(20-18-43)36(28-8-3-7-27(22-28)34(46)21-24-5-1-2-6-24)30-23-26(13-16-33(30)45)25-11-14-29(15-12-25)37(40,41)42/h3-4,7-16,22-24,36,45H,1-2,5-6,17-21H2. The average Bonchev–Trinajstić information content (AvgIpc) is 3.57. The minimum atomic E-state index is -4.43. The van der Waals surface area contributed by atoms with Crippen LogP contribution in [-0.4, -0.2) is 42.0 Å². The van der Waals surface area contributed by atoms with E-state index in [9.17, 15) is 23.1 Å². The van der Waals surface area contributed by atoms with Crippen molar-refractivity contribution in [3.05, 3.63) is 117 Å². The lowest BCUT2D eigenvalue weighted by molar-refractivity contribution is -0.137. The highest BCUT2D eigenvalue weighted by atomic mass is 35.5. The number of carbonyl (C=O) groups excluding carboxylic acids is 1.